The lowest BCUT2D eigenvalue weighted by molar-refractivity contribution is -0.0291. The lowest BCUT2D eigenvalue weighted by Gasteiger charge is -2.37. The van der Waals surface area contributed by atoms with E-state index in [1.165, 1.54) is 0 Å². The van der Waals surface area contributed by atoms with Crippen LogP contribution in [0.2, 0.25) is 10.0 Å². The Morgan fingerprint density at radius 2 is 2.05 bits per heavy atom. The molecule has 0 bridgehead atoms. The second-order valence-electron chi connectivity index (χ2n) is 5.80. The lowest BCUT2D eigenvalue weighted by Crippen LogP contribution is -2.35. The molecule has 1 saturated carbocycles. The number of halogens is 2. The molecule has 4 heteroatoms. The van der Waals surface area contributed by atoms with Gasteiger partial charge in [0, 0.05) is 12.6 Å². The van der Waals surface area contributed by atoms with Gasteiger partial charge < -0.3 is 10.1 Å². The quantitative estimate of drug-likeness (QED) is 0.704. The highest BCUT2D eigenvalue weighted by Gasteiger charge is 2.32. The van der Waals surface area contributed by atoms with Gasteiger partial charge >= 0.3 is 0 Å². The molecule has 1 aliphatic rings. The maximum atomic E-state index is 6.39. The van der Waals surface area contributed by atoms with Crippen LogP contribution in [0.1, 0.15) is 51.1 Å². The fourth-order valence-electron chi connectivity index (χ4n) is 3.00. The zero-order chi connectivity index (χ0) is 15.2. The van der Waals surface area contributed by atoms with Crippen molar-refractivity contribution in [3.63, 3.8) is 0 Å². The summed E-state index contributed by atoms with van der Waals surface area (Å²) in [5.74, 6) is 0.714. The van der Waals surface area contributed by atoms with E-state index in [9.17, 15) is 0 Å². The Balaban J connectivity index is 2.00. The van der Waals surface area contributed by atoms with Gasteiger partial charge in [0.2, 0.25) is 0 Å². The van der Waals surface area contributed by atoms with Crippen molar-refractivity contribution >= 4 is 23.2 Å². The lowest BCUT2D eigenvalue weighted by atomic mass is 9.77. The van der Waals surface area contributed by atoms with E-state index in [1.807, 2.05) is 12.1 Å². The van der Waals surface area contributed by atoms with E-state index < -0.39 is 0 Å². The van der Waals surface area contributed by atoms with Crippen LogP contribution in [0.25, 0.3) is 0 Å². The molecule has 0 aromatic heterocycles. The number of hydrogen-bond acceptors (Lipinski definition) is 2. The van der Waals surface area contributed by atoms with Crippen molar-refractivity contribution in [2.75, 3.05) is 13.2 Å². The predicted octanol–water partition coefficient (Wildman–Crippen LogP) is 5.24. The number of ether oxygens (including phenoxy) is 1. The molecule has 0 aliphatic heterocycles. The maximum Gasteiger partial charge on any atom is 0.0640 e. The number of rotatable bonds is 8. The Labute approximate surface area is 138 Å². The molecule has 2 rings (SSSR count). The molecule has 0 heterocycles. The molecule has 0 radical (unpaired) electrons. The Morgan fingerprint density at radius 3 is 2.71 bits per heavy atom. The van der Waals surface area contributed by atoms with Crippen LogP contribution >= 0.6 is 23.2 Å². The smallest absolute Gasteiger partial charge is 0.0640 e. The first kappa shape index (κ1) is 17.1. The molecule has 1 unspecified atom stereocenters. The first-order valence-electron chi connectivity index (χ1n) is 7.94. The average Bonchev–Trinajstić information content (AvgIpc) is 2.43. The molecule has 1 atom stereocenters. The zero-order valence-electron chi connectivity index (χ0n) is 12.9. The standard InChI is InChI=1S/C17H25Cl2NO/c1-3-8-20-16(11-12-9-13(10-12)21-4-2)14-6-5-7-15(18)17(14)19/h5-7,12-13,16,20H,3-4,8-11H2,1-2H3. The summed E-state index contributed by atoms with van der Waals surface area (Å²) >= 11 is 12.6. The molecule has 1 fully saturated rings. The molecular weight excluding hydrogens is 305 g/mol. The van der Waals surface area contributed by atoms with Gasteiger partial charge in [0.1, 0.15) is 0 Å². The van der Waals surface area contributed by atoms with Crippen LogP contribution in [0.3, 0.4) is 0 Å². The van der Waals surface area contributed by atoms with Gasteiger partial charge in [-0.1, -0.05) is 42.3 Å². The van der Waals surface area contributed by atoms with Crippen molar-refractivity contribution in [1.82, 2.24) is 5.32 Å². The number of nitrogens with one attached hydrogen (secondary N) is 1. The fourth-order valence-corrected chi connectivity index (χ4v) is 3.44. The Morgan fingerprint density at radius 1 is 1.29 bits per heavy atom. The van der Waals surface area contributed by atoms with E-state index in [-0.39, 0.29) is 6.04 Å². The summed E-state index contributed by atoms with van der Waals surface area (Å²) in [6, 6.07) is 6.19. The van der Waals surface area contributed by atoms with Crippen molar-refractivity contribution in [2.24, 2.45) is 5.92 Å². The highest BCUT2D eigenvalue weighted by molar-refractivity contribution is 6.42. The number of benzene rings is 1. The van der Waals surface area contributed by atoms with Crippen LogP contribution < -0.4 is 5.32 Å². The summed E-state index contributed by atoms with van der Waals surface area (Å²) in [6.07, 6.45) is 5.00. The minimum absolute atomic E-state index is 0.281. The van der Waals surface area contributed by atoms with E-state index >= 15 is 0 Å². The molecule has 0 spiro atoms. The van der Waals surface area contributed by atoms with Gasteiger partial charge in [-0.15, -0.1) is 0 Å². The monoisotopic (exact) mass is 329 g/mol. The van der Waals surface area contributed by atoms with Crippen molar-refractivity contribution in [2.45, 2.75) is 51.7 Å². The predicted molar refractivity (Wildman–Crippen MR) is 90.3 cm³/mol. The summed E-state index contributed by atoms with van der Waals surface area (Å²) in [6.45, 7) is 6.05. The summed E-state index contributed by atoms with van der Waals surface area (Å²) in [5.41, 5.74) is 1.12. The van der Waals surface area contributed by atoms with Gasteiger partial charge in [-0.25, -0.2) is 0 Å². The van der Waals surface area contributed by atoms with E-state index in [0.29, 0.717) is 22.1 Å². The van der Waals surface area contributed by atoms with Gasteiger partial charge in [0.25, 0.3) is 0 Å². The molecule has 1 aliphatic carbocycles. The highest BCUT2D eigenvalue weighted by Crippen LogP contribution is 2.39. The van der Waals surface area contributed by atoms with Crippen molar-refractivity contribution in [3.8, 4) is 0 Å². The topological polar surface area (TPSA) is 21.3 Å². The summed E-state index contributed by atoms with van der Waals surface area (Å²) in [4.78, 5) is 0. The highest BCUT2D eigenvalue weighted by atomic mass is 35.5. The number of hydrogen-bond donors (Lipinski definition) is 1. The third kappa shape index (κ3) is 4.59. The molecule has 0 saturated heterocycles. The SMILES string of the molecule is CCCNC(CC1CC(OCC)C1)c1cccc(Cl)c1Cl. The first-order valence-corrected chi connectivity index (χ1v) is 8.70. The zero-order valence-corrected chi connectivity index (χ0v) is 14.4. The Hall–Kier alpha value is -0.280. The normalized spacial score (nSPS) is 22.9. The van der Waals surface area contributed by atoms with Gasteiger partial charge in [-0.3, -0.25) is 0 Å². The first-order chi connectivity index (χ1) is 10.2. The molecule has 2 nitrogen and oxygen atoms in total. The largest absolute Gasteiger partial charge is 0.378 e. The third-order valence-corrected chi connectivity index (χ3v) is 4.99. The molecule has 0 amide bonds. The van der Waals surface area contributed by atoms with Crippen LogP contribution in [0.4, 0.5) is 0 Å². The van der Waals surface area contributed by atoms with Gasteiger partial charge in [-0.2, -0.15) is 0 Å². The van der Waals surface area contributed by atoms with E-state index in [0.717, 1.165) is 44.4 Å². The van der Waals surface area contributed by atoms with Gasteiger partial charge in [0.15, 0.2) is 0 Å². The molecule has 1 aromatic carbocycles. The molecule has 21 heavy (non-hydrogen) atoms. The molecule has 118 valence electrons. The fraction of sp³-hybridized carbons (Fsp3) is 0.647. The second kappa shape index (κ2) is 8.38. The van der Waals surface area contributed by atoms with E-state index in [1.54, 1.807) is 0 Å². The van der Waals surface area contributed by atoms with Crippen molar-refractivity contribution < 1.29 is 4.74 Å². The summed E-state index contributed by atoms with van der Waals surface area (Å²) < 4.78 is 5.65. The van der Waals surface area contributed by atoms with Crippen LogP contribution in [0, 0.1) is 5.92 Å². The van der Waals surface area contributed by atoms with Gasteiger partial charge in [-0.05, 0) is 56.7 Å². The summed E-state index contributed by atoms with van der Waals surface area (Å²) in [7, 11) is 0. The van der Waals surface area contributed by atoms with E-state index in [4.69, 9.17) is 27.9 Å². The minimum atomic E-state index is 0.281. The van der Waals surface area contributed by atoms with Crippen LogP contribution in [0.15, 0.2) is 18.2 Å². The average molecular weight is 330 g/mol. The summed E-state index contributed by atoms with van der Waals surface area (Å²) in [5, 5.41) is 4.94. The molecular formula is C17H25Cl2NO. The molecule has 1 aromatic rings. The van der Waals surface area contributed by atoms with Crippen LogP contribution in [-0.4, -0.2) is 19.3 Å². The van der Waals surface area contributed by atoms with Crippen LogP contribution in [-0.2, 0) is 4.74 Å². The second-order valence-corrected chi connectivity index (χ2v) is 6.59. The molecule has 1 N–H and O–H groups in total. The third-order valence-electron chi connectivity index (χ3n) is 4.16. The van der Waals surface area contributed by atoms with Crippen LogP contribution in [0.5, 0.6) is 0 Å². The van der Waals surface area contributed by atoms with Gasteiger partial charge in [0.05, 0.1) is 16.1 Å². The maximum absolute atomic E-state index is 6.39. The van der Waals surface area contributed by atoms with Crippen molar-refractivity contribution in [3.05, 3.63) is 33.8 Å². The Kier molecular flexibility index (Phi) is 6.81. The van der Waals surface area contributed by atoms with Crippen molar-refractivity contribution in [1.29, 1.82) is 0 Å². The minimum Gasteiger partial charge on any atom is -0.378 e. The van der Waals surface area contributed by atoms with E-state index in [2.05, 4.69) is 25.2 Å². The Bertz CT molecular complexity index is 446.